The molecule has 1 heterocycles. The Morgan fingerprint density at radius 1 is 1.00 bits per heavy atom. The zero-order valence-corrected chi connectivity index (χ0v) is 17.4. The van der Waals surface area contributed by atoms with Crippen LogP contribution in [0.3, 0.4) is 0 Å². The van der Waals surface area contributed by atoms with Gasteiger partial charge in [0.2, 0.25) is 0 Å². The van der Waals surface area contributed by atoms with Gasteiger partial charge in [0.05, 0.1) is 12.5 Å². The summed E-state index contributed by atoms with van der Waals surface area (Å²) in [7, 11) is 0. The lowest BCUT2D eigenvalue weighted by atomic mass is 10.1. The second kappa shape index (κ2) is 13.8. The van der Waals surface area contributed by atoms with Gasteiger partial charge in [-0.1, -0.05) is 71.6 Å². The summed E-state index contributed by atoms with van der Waals surface area (Å²) in [5.74, 6) is 0.231. The van der Waals surface area contributed by atoms with Crippen molar-refractivity contribution in [3.63, 3.8) is 0 Å². The number of hydrogen-bond acceptors (Lipinski definition) is 1. The Hall–Kier alpha value is -1.32. The maximum atomic E-state index is 11.2. The maximum Gasteiger partial charge on any atom is 0.310 e. The molecule has 0 aromatic carbocycles. The fourth-order valence-electron chi connectivity index (χ4n) is 3.54. The van der Waals surface area contributed by atoms with Crippen LogP contribution in [0.5, 0.6) is 0 Å². The van der Waals surface area contributed by atoms with Crippen molar-refractivity contribution in [3.8, 4) is 0 Å². The molecule has 1 aromatic heterocycles. The first-order chi connectivity index (χ1) is 12.6. The summed E-state index contributed by atoms with van der Waals surface area (Å²) >= 11 is 0. The Morgan fingerprint density at radius 3 is 2.12 bits per heavy atom. The highest BCUT2D eigenvalue weighted by atomic mass is 16.4. The van der Waals surface area contributed by atoms with Crippen LogP contribution in [0.2, 0.25) is 0 Å². The molecule has 0 spiro atoms. The third-order valence-electron chi connectivity index (χ3n) is 5.20. The molecule has 1 aromatic rings. The summed E-state index contributed by atoms with van der Waals surface area (Å²) in [6, 6.07) is 0. The van der Waals surface area contributed by atoms with Crippen molar-refractivity contribution in [2.24, 2.45) is 5.92 Å². The highest BCUT2D eigenvalue weighted by Crippen LogP contribution is 2.12. The Labute approximate surface area is 160 Å². The van der Waals surface area contributed by atoms with Gasteiger partial charge >= 0.3 is 5.97 Å². The van der Waals surface area contributed by atoms with Gasteiger partial charge in [0.1, 0.15) is 18.9 Å². The first-order valence-corrected chi connectivity index (χ1v) is 10.9. The van der Waals surface area contributed by atoms with E-state index >= 15 is 0 Å². The number of carbonyl (C=O) groups is 1. The zero-order valence-electron chi connectivity index (χ0n) is 17.4. The maximum absolute atomic E-state index is 11.2. The Morgan fingerprint density at radius 2 is 1.58 bits per heavy atom. The van der Waals surface area contributed by atoms with Crippen molar-refractivity contribution in [2.45, 2.75) is 111 Å². The minimum Gasteiger partial charge on any atom is -0.481 e. The first-order valence-electron chi connectivity index (χ1n) is 10.9. The van der Waals surface area contributed by atoms with Crippen molar-refractivity contribution in [1.82, 2.24) is 4.57 Å². The van der Waals surface area contributed by atoms with Gasteiger partial charge in [-0.05, 0) is 19.8 Å². The number of imidazole rings is 1. The SMILES string of the molecule is CCCCCCCCCCCCc1n(CCC)cc[n+]1CC(C)C(=O)O. The number of hydrogen-bond donors (Lipinski definition) is 1. The minimum atomic E-state index is -0.717. The number of unbranched alkanes of at least 4 members (excludes halogenated alkanes) is 9. The molecule has 0 fully saturated rings. The van der Waals surface area contributed by atoms with Gasteiger partial charge in [0.15, 0.2) is 0 Å². The topological polar surface area (TPSA) is 46.1 Å². The number of carboxylic acid groups (broad SMARTS) is 1. The zero-order chi connectivity index (χ0) is 19.2. The van der Waals surface area contributed by atoms with E-state index in [1.807, 2.05) is 0 Å². The second-order valence-corrected chi connectivity index (χ2v) is 7.73. The van der Waals surface area contributed by atoms with E-state index in [-0.39, 0.29) is 5.92 Å². The molecule has 1 unspecified atom stereocenters. The lowest BCUT2D eigenvalue weighted by Crippen LogP contribution is -2.41. The first kappa shape index (κ1) is 22.7. The van der Waals surface area contributed by atoms with Crippen LogP contribution in [0.1, 0.15) is 97.2 Å². The van der Waals surface area contributed by atoms with Crippen LogP contribution < -0.4 is 4.57 Å². The molecule has 0 aliphatic rings. The van der Waals surface area contributed by atoms with Gasteiger partial charge in [0.25, 0.3) is 5.82 Å². The predicted molar refractivity (Wildman–Crippen MR) is 107 cm³/mol. The van der Waals surface area contributed by atoms with Crippen LogP contribution in [-0.4, -0.2) is 15.6 Å². The second-order valence-electron chi connectivity index (χ2n) is 7.73. The Kier molecular flexibility index (Phi) is 12.1. The monoisotopic (exact) mass is 365 g/mol. The summed E-state index contributed by atoms with van der Waals surface area (Å²) in [5, 5.41) is 9.19. The van der Waals surface area contributed by atoms with Gasteiger partial charge in [-0.3, -0.25) is 4.79 Å². The summed E-state index contributed by atoms with van der Waals surface area (Å²) in [6.07, 6.45) is 19.8. The van der Waals surface area contributed by atoms with Crippen molar-refractivity contribution in [1.29, 1.82) is 0 Å². The van der Waals surface area contributed by atoms with Crippen LogP contribution in [-0.2, 0) is 24.3 Å². The normalized spacial score (nSPS) is 12.4. The molecule has 1 N–H and O–H groups in total. The number of carboxylic acids is 1. The van der Waals surface area contributed by atoms with Crippen LogP contribution in [0.15, 0.2) is 12.4 Å². The number of aryl methyl sites for hydroxylation is 1. The summed E-state index contributed by atoms with van der Waals surface area (Å²) in [4.78, 5) is 11.2. The molecular weight excluding hydrogens is 324 g/mol. The molecular formula is C22H41N2O2+. The average Bonchev–Trinajstić information content (AvgIpc) is 2.98. The fourth-order valence-corrected chi connectivity index (χ4v) is 3.54. The number of nitrogens with zero attached hydrogens (tertiary/aromatic N) is 2. The molecule has 0 amide bonds. The molecule has 0 aliphatic heterocycles. The summed E-state index contributed by atoms with van der Waals surface area (Å²) < 4.78 is 4.46. The quantitative estimate of drug-likeness (QED) is 0.316. The van der Waals surface area contributed by atoms with E-state index in [4.69, 9.17) is 0 Å². The van der Waals surface area contributed by atoms with Crippen molar-refractivity contribution < 1.29 is 14.5 Å². The number of aliphatic carboxylic acids is 1. The average molecular weight is 366 g/mol. The van der Waals surface area contributed by atoms with Crippen molar-refractivity contribution in [3.05, 3.63) is 18.2 Å². The fraction of sp³-hybridized carbons (Fsp3) is 0.818. The molecule has 26 heavy (non-hydrogen) atoms. The Balaban J connectivity index is 2.33. The molecule has 4 nitrogen and oxygen atoms in total. The van der Waals surface area contributed by atoms with E-state index in [2.05, 4.69) is 35.4 Å². The van der Waals surface area contributed by atoms with Gasteiger partial charge in [0, 0.05) is 6.42 Å². The highest BCUT2D eigenvalue weighted by molar-refractivity contribution is 5.69. The smallest absolute Gasteiger partial charge is 0.310 e. The molecule has 150 valence electrons. The van der Waals surface area contributed by atoms with Crippen LogP contribution in [0.4, 0.5) is 0 Å². The number of rotatable bonds is 16. The highest BCUT2D eigenvalue weighted by Gasteiger charge is 2.21. The molecule has 0 saturated heterocycles. The molecule has 4 heteroatoms. The van der Waals surface area contributed by atoms with Gasteiger partial charge in [-0.15, -0.1) is 0 Å². The van der Waals surface area contributed by atoms with E-state index in [0.29, 0.717) is 6.54 Å². The van der Waals surface area contributed by atoms with Gasteiger partial charge in [-0.25, -0.2) is 9.13 Å². The van der Waals surface area contributed by atoms with Gasteiger partial charge in [-0.2, -0.15) is 0 Å². The van der Waals surface area contributed by atoms with Crippen molar-refractivity contribution in [2.75, 3.05) is 0 Å². The minimum absolute atomic E-state index is 0.344. The predicted octanol–water partition coefficient (Wildman–Crippen LogP) is 5.37. The molecule has 0 aliphatic carbocycles. The van der Waals surface area contributed by atoms with Crippen LogP contribution in [0, 0.1) is 5.92 Å². The van der Waals surface area contributed by atoms with E-state index in [1.165, 1.54) is 70.0 Å². The number of aromatic nitrogens is 2. The molecule has 1 rings (SSSR count). The summed E-state index contributed by atoms with van der Waals surface area (Å²) in [6.45, 7) is 7.83. The third-order valence-corrected chi connectivity index (χ3v) is 5.20. The lowest BCUT2D eigenvalue weighted by molar-refractivity contribution is -0.707. The van der Waals surface area contributed by atoms with E-state index in [9.17, 15) is 9.90 Å². The largest absolute Gasteiger partial charge is 0.481 e. The molecule has 0 bridgehead atoms. The molecule has 0 radical (unpaired) electrons. The molecule has 1 atom stereocenters. The van der Waals surface area contributed by atoms with Crippen LogP contribution in [0.25, 0.3) is 0 Å². The summed E-state index contributed by atoms with van der Waals surface area (Å²) in [5.41, 5.74) is 0. The Bertz CT molecular complexity index is 496. The standard InChI is InChI=1S/C22H40N2O2/c1-4-6-7-8-9-10-11-12-13-14-15-21-23(16-5-2)17-18-24(21)19-20(3)22(25)26/h17-18,20H,4-16,19H2,1-3H3/p+1. The van der Waals surface area contributed by atoms with E-state index in [1.54, 1.807) is 6.92 Å². The van der Waals surface area contributed by atoms with Crippen LogP contribution >= 0.6 is 0 Å². The molecule has 0 saturated carbocycles. The lowest BCUT2D eigenvalue weighted by Gasteiger charge is -2.08. The van der Waals surface area contributed by atoms with Gasteiger partial charge < -0.3 is 5.11 Å². The van der Waals surface area contributed by atoms with E-state index < -0.39 is 5.97 Å². The van der Waals surface area contributed by atoms with Crippen molar-refractivity contribution >= 4 is 5.97 Å². The van der Waals surface area contributed by atoms with E-state index in [0.717, 1.165) is 19.4 Å². The third kappa shape index (κ3) is 8.86.